The Morgan fingerprint density at radius 2 is 2.00 bits per heavy atom. The van der Waals surface area contributed by atoms with Crippen LogP contribution in [0.5, 0.6) is 0 Å². The fraction of sp³-hybridized carbons (Fsp3) is 0.294. The van der Waals surface area contributed by atoms with Crippen LogP contribution in [-0.2, 0) is 20.7 Å². The van der Waals surface area contributed by atoms with Crippen LogP contribution in [0.2, 0.25) is 0 Å². The third-order valence-electron chi connectivity index (χ3n) is 3.20. The standard InChI is InChI=1S/C17H19N3O4/c1-12-5-7-13(8-6-12)17-20-19-15(24-17)10-9-14(21)18-11-3-4-16(22)23-2/h3-8H,9-11H2,1-2H3,(H,18,21)/b4-3+. The first-order valence-corrected chi connectivity index (χ1v) is 7.49. The molecule has 7 nitrogen and oxygen atoms in total. The molecule has 0 bridgehead atoms. The molecule has 7 heteroatoms. The minimum Gasteiger partial charge on any atom is -0.466 e. The maximum Gasteiger partial charge on any atom is 0.330 e. The van der Waals surface area contributed by atoms with E-state index < -0.39 is 5.97 Å². The molecule has 0 saturated carbocycles. The van der Waals surface area contributed by atoms with E-state index >= 15 is 0 Å². The number of ether oxygens (including phenoxy) is 1. The van der Waals surface area contributed by atoms with Crippen molar-refractivity contribution >= 4 is 11.9 Å². The van der Waals surface area contributed by atoms with Crippen LogP contribution >= 0.6 is 0 Å². The van der Waals surface area contributed by atoms with E-state index in [1.165, 1.54) is 19.3 Å². The molecule has 0 aliphatic carbocycles. The third-order valence-corrected chi connectivity index (χ3v) is 3.20. The van der Waals surface area contributed by atoms with Gasteiger partial charge in [0.15, 0.2) is 0 Å². The smallest absolute Gasteiger partial charge is 0.330 e. The highest BCUT2D eigenvalue weighted by molar-refractivity contribution is 5.82. The molecular weight excluding hydrogens is 310 g/mol. The monoisotopic (exact) mass is 329 g/mol. The lowest BCUT2D eigenvalue weighted by molar-refractivity contribution is -0.134. The molecule has 2 aromatic rings. The van der Waals surface area contributed by atoms with Crippen LogP contribution in [0.3, 0.4) is 0 Å². The maximum absolute atomic E-state index is 11.7. The zero-order valence-corrected chi connectivity index (χ0v) is 13.6. The highest BCUT2D eigenvalue weighted by Crippen LogP contribution is 2.18. The first kappa shape index (κ1) is 17.4. The Balaban J connectivity index is 1.78. The summed E-state index contributed by atoms with van der Waals surface area (Å²) in [6.07, 6.45) is 3.35. The summed E-state index contributed by atoms with van der Waals surface area (Å²) in [4.78, 5) is 22.5. The molecule has 24 heavy (non-hydrogen) atoms. The SMILES string of the molecule is COC(=O)/C=C/CNC(=O)CCc1nnc(-c2ccc(C)cc2)o1. The summed E-state index contributed by atoms with van der Waals surface area (Å²) < 4.78 is 10.00. The van der Waals surface area contributed by atoms with Gasteiger partial charge in [0.1, 0.15) is 0 Å². The van der Waals surface area contributed by atoms with Crippen molar-refractivity contribution in [3.8, 4) is 11.5 Å². The van der Waals surface area contributed by atoms with Gasteiger partial charge in [0.2, 0.25) is 17.7 Å². The quantitative estimate of drug-likeness (QED) is 0.615. The van der Waals surface area contributed by atoms with Crippen LogP contribution in [0.25, 0.3) is 11.5 Å². The molecular formula is C17H19N3O4. The van der Waals surface area contributed by atoms with Crippen molar-refractivity contribution in [2.75, 3.05) is 13.7 Å². The summed E-state index contributed by atoms with van der Waals surface area (Å²) in [5.74, 6) is 0.218. The van der Waals surface area contributed by atoms with Gasteiger partial charge in [0.05, 0.1) is 7.11 Å². The molecule has 1 heterocycles. The Hall–Kier alpha value is -2.96. The predicted octanol–water partition coefficient (Wildman–Crippen LogP) is 1.82. The molecule has 0 unspecified atom stereocenters. The van der Waals surface area contributed by atoms with E-state index in [1.54, 1.807) is 0 Å². The first-order chi connectivity index (χ1) is 11.6. The van der Waals surface area contributed by atoms with Gasteiger partial charge in [-0.3, -0.25) is 4.79 Å². The fourth-order valence-corrected chi connectivity index (χ4v) is 1.87. The molecule has 0 aliphatic rings. The molecule has 126 valence electrons. The molecule has 0 aliphatic heterocycles. The van der Waals surface area contributed by atoms with Gasteiger partial charge >= 0.3 is 5.97 Å². The number of carbonyl (C=O) groups is 2. The second-order valence-corrected chi connectivity index (χ2v) is 5.10. The molecule has 0 fully saturated rings. The zero-order valence-electron chi connectivity index (χ0n) is 13.6. The highest BCUT2D eigenvalue weighted by Gasteiger charge is 2.10. The Morgan fingerprint density at radius 1 is 1.25 bits per heavy atom. The second-order valence-electron chi connectivity index (χ2n) is 5.10. The molecule has 0 radical (unpaired) electrons. The summed E-state index contributed by atoms with van der Waals surface area (Å²) >= 11 is 0. The minimum absolute atomic E-state index is 0.167. The normalized spacial score (nSPS) is 10.8. The number of methoxy groups -OCH3 is 1. The molecule has 2 rings (SSSR count). The number of esters is 1. The molecule has 1 aromatic carbocycles. The number of aryl methyl sites for hydroxylation is 2. The van der Waals surface area contributed by atoms with E-state index in [0.29, 0.717) is 18.2 Å². The van der Waals surface area contributed by atoms with Gasteiger partial charge in [-0.25, -0.2) is 4.79 Å². The predicted molar refractivity (Wildman–Crippen MR) is 87.0 cm³/mol. The van der Waals surface area contributed by atoms with E-state index in [9.17, 15) is 9.59 Å². The summed E-state index contributed by atoms with van der Waals surface area (Å²) in [6.45, 7) is 2.26. The minimum atomic E-state index is -0.459. The van der Waals surface area contributed by atoms with Crippen molar-refractivity contribution in [2.45, 2.75) is 19.8 Å². The van der Waals surface area contributed by atoms with Crippen LogP contribution in [-0.4, -0.2) is 35.7 Å². The van der Waals surface area contributed by atoms with Crippen molar-refractivity contribution in [2.24, 2.45) is 0 Å². The van der Waals surface area contributed by atoms with E-state index in [1.807, 2.05) is 31.2 Å². The average Bonchev–Trinajstić information content (AvgIpc) is 3.06. The van der Waals surface area contributed by atoms with Gasteiger partial charge in [-0.15, -0.1) is 10.2 Å². The lowest BCUT2D eigenvalue weighted by atomic mass is 10.1. The number of aromatic nitrogens is 2. The zero-order chi connectivity index (χ0) is 17.4. The van der Waals surface area contributed by atoms with Crippen LogP contribution in [0.1, 0.15) is 17.9 Å². The summed E-state index contributed by atoms with van der Waals surface area (Å²) in [6, 6.07) is 7.75. The lowest BCUT2D eigenvalue weighted by Gasteiger charge is -2.00. The van der Waals surface area contributed by atoms with Crippen molar-refractivity contribution in [3.05, 3.63) is 47.9 Å². The molecule has 1 amide bonds. The molecule has 0 spiro atoms. The van der Waals surface area contributed by atoms with Crippen molar-refractivity contribution in [1.29, 1.82) is 0 Å². The number of hydrogen-bond donors (Lipinski definition) is 1. The Kier molecular flexibility index (Phi) is 6.24. The Labute approximate surface area is 139 Å². The van der Waals surface area contributed by atoms with Crippen molar-refractivity contribution < 1.29 is 18.7 Å². The van der Waals surface area contributed by atoms with Gasteiger partial charge in [0, 0.05) is 31.0 Å². The molecule has 1 aromatic heterocycles. The fourth-order valence-electron chi connectivity index (χ4n) is 1.87. The topological polar surface area (TPSA) is 94.3 Å². The van der Waals surface area contributed by atoms with Crippen molar-refractivity contribution in [3.63, 3.8) is 0 Å². The Morgan fingerprint density at radius 3 is 2.71 bits per heavy atom. The number of amides is 1. The highest BCUT2D eigenvalue weighted by atomic mass is 16.5. The van der Waals surface area contributed by atoms with Crippen LogP contribution in [0.15, 0.2) is 40.8 Å². The number of nitrogens with one attached hydrogen (secondary N) is 1. The number of hydrogen-bond acceptors (Lipinski definition) is 6. The maximum atomic E-state index is 11.7. The number of nitrogens with zero attached hydrogens (tertiary/aromatic N) is 2. The molecule has 0 saturated heterocycles. The van der Waals surface area contributed by atoms with Gasteiger partial charge in [-0.05, 0) is 19.1 Å². The van der Waals surface area contributed by atoms with Crippen LogP contribution in [0, 0.1) is 6.92 Å². The van der Waals surface area contributed by atoms with Crippen LogP contribution in [0.4, 0.5) is 0 Å². The van der Waals surface area contributed by atoms with E-state index in [2.05, 4.69) is 20.3 Å². The summed E-state index contributed by atoms with van der Waals surface area (Å²) in [7, 11) is 1.29. The van der Waals surface area contributed by atoms with Gasteiger partial charge in [-0.1, -0.05) is 23.8 Å². The van der Waals surface area contributed by atoms with Gasteiger partial charge in [0.25, 0.3) is 0 Å². The van der Waals surface area contributed by atoms with Gasteiger partial charge in [-0.2, -0.15) is 0 Å². The van der Waals surface area contributed by atoms with E-state index in [0.717, 1.165) is 11.1 Å². The lowest BCUT2D eigenvalue weighted by Crippen LogP contribution is -2.23. The third kappa shape index (κ3) is 5.35. The van der Waals surface area contributed by atoms with Crippen LogP contribution < -0.4 is 5.32 Å². The van der Waals surface area contributed by atoms with E-state index in [-0.39, 0.29) is 18.9 Å². The van der Waals surface area contributed by atoms with Gasteiger partial charge < -0.3 is 14.5 Å². The largest absolute Gasteiger partial charge is 0.466 e. The summed E-state index contributed by atoms with van der Waals surface area (Å²) in [5, 5.41) is 10.6. The second kappa shape index (κ2) is 8.61. The molecule has 0 atom stereocenters. The number of benzene rings is 1. The molecule has 1 N–H and O–H groups in total. The Bertz CT molecular complexity index is 720. The van der Waals surface area contributed by atoms with Crippen molar-refractivity contribution in [1.82, 2.24) is 15.5 Å². The summed E-state index contributed by atoms with van der Waals surface area (Å²) in [5.41, 5.74) is 1.99. The first-order valence-electron chi connectivity index (χ1n) is 7.49. The average molecular weight is 329 g/mol. The number of rotatable bonds is 7. The number of carbonyl (C=O) groups excluding carboxylic acids is 2. The van der Waals surface area contributed by atoms with E-state index in [4.69, 9.17) is 4.42 Å².